The largest absolute Gasteiger partial charge is 0.250 e. The average molecular weight is 292 g/mol. The molecule has 0 bridgehead atoms. The Bertz CT molecular complexity index is 513. The summed E-state index contributed by atoms with van der Waals surface area (Å²) in [7, 11) is -3.35. The molecule has 2 saturated carbocycles. The Balaban J connectivity index is 1.73. The fourth-order valence-corrected chi connectivity index (χ4v) is 5.68. The molecule has 0 spiro atoms. The maximum Gasteiger partial charge on any atom is 0.250 e. The predicted octanol–water partition coefficient (Wildman–Crippen LogP) is 2.87. The molecule has 1 N–H and O–H groups in total. The molecular formula is C11H14ClNO2S2. The Labute approximate surface area is 110 Å². The summed E-state index contributed by atoms with van der Waals surface area (Å²) in [5.41, 5.74) is 0. The molecule has 0 radical (unpaired) electrons. The van der Waals surface area contributed by atoms with E-state index < -0.39 is 10.0 Å². The summed E-state index contributed by atoms with van der Waals surface area (Å²) >= 11 is 6.88. The smallest absolute Gasteiger partial charge is 0.207 e. The van der Waals surface area contributed by atoms with E-state index in [4.69, 9.17) is 11.6 Å². The minimum atomic E-state index is -3.35. The molecule has 0 amide bonds. The first-order chi connectivity index (χ1) is 8.08. The van der Waals surface area contributed by atoms with Gasteiger partial charge in [0.25, 0.3) is 0 Å². The van der Waals surface area contributed by atoms with Crippen LogP contribution in [0.4, 0.5) is 0 Å². The molecule has 6 heteroatoms. The van der Waals surface area contributed by atoms with Gasteiger partial charge in [0.05, 0.1) is 4.34 Å². The van der Waals surface area contributed by atoms with E-state index in [1.165, 1.54) is 25.7 Å². The van der Waals surface area contributed by atoms with Crippen molar-refractivity contribution in [3.8, 4) is 0 Å². The van der Waals surface area contributed by atoms with E-state index in [0.717, 1.165) is 11.3 Å². The zero-order valence-electron chi connectivity index (χ0n) is 9.23. The quantitative estimate of drug-likeness (QED) is 0.931. The van der Waals surface area contributed by atoms with Crippen LogP contribution in [0.1, 0.15) is 25.7 Å². The number of hydrogen-bond donors (Lipinski definition) is 1. The van der Waals surface area contributed by atoms with Gasteiger partial charge in [-0.25, -0.2) is 13.1 Å². The minimum absolute atomic E-state index is 0.170. The lowest BCUT2D eigenvalue weighted by molar-refractivity contribution is 0.480. The summed E-state index contributed by atoms with van der Waals surface area (Å²) in [4.78, 5) is 0. The van der Waals surface area contributed by atoms with Gasteiger partial charge >= 0.3 is 0 Å². The summed E-state index contributed by atoms with van der Waals surface area (Å²) in [5.74, 6) is 1.16. The normalized spacial score (nSPS) is 32.2. The molecule has 1 aromatic heterocycles. The van der Waals surface area contributed by atoms with Crippen molar-refractivity contribution in [2.45, 2.75) is 35.9 Å². The molecule has 0 aliphatic heterocycles. The second-order valence-corrected chi connectivity index (χ2v) is 8.47. The van der Waals surface area contributed by atoms with Gasteiger partial charge in [-0.15, -0.1) is 11.3 Å². The Hall–Kier alpha value is -0.100. The third-order valence-electron chi connectivity index (χ3n) is 3.76. The lowest BCUT2D eigenvalue weighted by atomic mass is 10.0. The number of halogens is 1. The van der Waals surface area contributed by atoms with Crippen molar-refractivity contribution in [3.63, 3.8) is 0 Å². The molecule has 3 rings (SSSR count). The van der Waals surface area contributed by atoms with E-state index in [-0.39, 0.29) is 6.04 Å². The number of fused-ring (bicyclic) bond motifs is 1. The van der Waals surface area contributed by atoms with Gasteiger partial charge in [0, 0.05) is 6.04 Å². The van der Waals surface area contributed by atoms with E-state index in [1.54, 1.807) is 12.1 Å². The molecule has 2 aliphatic carbocycles. The van der Waals surface area contributed by atoms with E-state index >= 15 is 0 Å². The lowest BCUT2D eigenvalue weighted by Crippen LogP contribution is -2.27. The molecule has 2 aliphatic rings. The molecule has 1 unspecified atom stereocenters. The molecular weight excluding hydrogens is 278 g/mol. The molecule has 0 aromatic carbocycles. The highest BCUT2D eigenvalue weighted by molar-refractivity contribution is 7.91. The summed E-state index contributed by atoms with van der Waals surface area (Å²) in [6.45, 7) is 0. The van der Waals surface area contributed by atoms with Gasteiger partial charge in [-0.05, 0) is 36.8 Å². The van der Waals surface area contributed by atoms with Crippen molar-refractivity contribution in [1.82, 2.24) is 4.72 Å². The van der Waals surface area contributed by atoms with Crippen LogP contribution in [0, 0.1) is 11.8 Å². The van der Waals surface area contributed by atoms with Gasteiger partial charge in [0.2, 0.25) is 10.0 Å². The molecule has 3 atom stereocenters. The highest BCUT2D eigenvalue weighted by Crippen LogP contribution is 2.50. The maximum absolute atomic E-state index is 12.1. The van der Waals surface area contributed by atoms with Crippen LogP contribution >= 0.6 is 22.9 Å². The van der Waals surface area contributed by atoms with Crippen LogP contribution in [0.15, 0.2) is 16.3 Å². The summed E-state index contributed by atoms with van der Waals surface area (Å²) in [5, 5.41) is 0. The van der Waals surface area contributed by atoms with Gasteiger partial charge in [0.1, 0.15) is 4.21 Å². The molecule has 17 heavy (non-hydrogen) atoms. The topological polar surface area (TPSA) is 46.2 Å². The number of rotatable bonds is 3. The Morgan fingerprint density at radius 2 is 1.88 bits per heavy atom. The average Bonchev–Trinajstić information content (AvgIpc) is 2.77. The highest BCUT2D eigenvalue weighted by Gasteiger charge is 2.52. The van der Waals surface area contributed by atoms with E-state index in [0.29, 0.717) is 20.4 Å². The Morgan fingerprint density at radius 3 is 2.41 bits per heavy atom. The van der Waals surface area contributed by atoms with Crippen LogP contribution in [-0.2, 0) is 10.0 Å². The van der Waals surface area contributed by atoms with Crippen molar-refractivity contribution in [1.29, 1.82) is 0 Å². The second-order valence-electron chi connectivity index (χ2n) is 4.82. The fourth-order valence-electron chi connectivity index (χ4n) is 2.85. The zero-order valence-corrected chi connectivity index (χ0v) is 11.6. The lowest BCUT2D eigenvalue weighted by Gasteiger charge is -2.04. The molecule has 1 aromatic rings. The van der Waals surface area contributed by atoms with Crippen molar-refractivity contribution < 1.29 is 8.42 Å². The summed E-state index contributed by atoms with van der Waals surface area (Å²) in [6.07, 6.45) is 4.82. The third kappa shape index (κ3) is 2.26. The zero-order chi connectivity index (χ0) is 12.0. The van der Waals surface area contributed by atoms with E-state index in [1.807, 2.05) is 0 Å². The van der Waals surface area contributed by atoms with Gasteiger partial charge < -0.3 is 0 Å². The van der Waals surface area contributed by atoms with Gasteiger partial charge in [-0.3, -0.25) is 0 Å². The van der Waals surface area contributed by atoms with Crippen molar-refractivity contribution in [3.05, 3.63) is 16.5 Å². The van der Waals surface area contributed by atoms with Crippen LogP contribution in [-0.4, -0.2) is 14.5 Å². The van der Waals surface area contributed by atoms with Crippen LogP contribution in [0.2, 0.25) is 4.34 Å². The molecule has 1 heterocycles. The predicted molar refractivity (Wildman–Crippen MR) is 68.9 cm³/mol. The van der Waals surface area contributed by atoms with Gasteiger partial charge in [-0.1, -0.05) is 24.4 Å². The van der Waals surface area contributed by atoms with Crippen molar-refractivity contribution in [2.75, 3.05) is 0 Å². The monoisotopic (exact) mass is 291 g/mol. The molecule has 94 valence electrons. The Kier molecular flexibility index (Phi) is 2.97. The molecule has 0 saturated heterocycles. The van der Waals surface area contributed by atoms with E-state index in [2.05, 4.69) is 4.72 Å². The number of hydrogen-bond acceptors (Lipinski definition) is 3. The Morgan fingerprint density at radius 1 is 1.24 bits per heavy atom. The first-order valence-corrected chi connectivity index (χ1v) is 8.53. The first-order valence-electron chi connectivity index (χ1n) is 5.85. The number of nitrogens with one attached hydrogen (secondary N) is 1. The third-order valence-corrected chi connectivity index (χ3v) is 6.94. The minimum Gasteiger partial charge on any atom is -0.207 e. The van der Waals surface area contributed by atoms with Crippen LogP contribution in [0.3, 0.4) is 0 Å². The van der Waals surface area contributed by atoms with Crippen molar-refractivity contribution >= 4 is 33.0 Å². The van der Waals surface area contributed by atoms with Crippen LogP contribution in [0.25, 0.3) is 0 Å². The van der Waals surface area contributed by atoms with E-state index in [9.17, 15) is 8.42 Å². The maximum atomic E-state index is 12.1. The standard InChI is InChI=1S/C11H14ClNO2S2/c12-9-5-6-10(16-9)17(14,15)13-11-7-3-1-2-4-8(7)11/h5-8,11,13H,1-4H2/t7-,8+,11?. The van der Waals surface area contributed by atoms with Gasteiger partial charge in [-0.2, -0.15) is 0 Å². The van der Waals surface area contributed by atoms with Crippen LogP contribution in [0.5, 0.6) is 0 Å². The highest BCUT2D eigenvalue weighted by atomic mass is 35.5. The summed E-state index contributed by atoms with van der Waals surface area (Å²) < 4.78 is 27.8. The molecule has 2 fully saturated rings. The second kappa shape index (κ2) is 4.23. The molecule has 3 nitrogen and oxygen atoms in total. The SMILES string of the molecule is O=S(=O)(NC1[C@H]2CCCC[C@@H]12)c1ccc(Cl)s1. The van der Waals surface area contributed by atoms with Gasteiger partial charge in [0.15, 0.2) is 0 Å². The first kappa shape index (κ1) is 12.0. The fraction of sp³-hybridized carbons (Fsp3) is 0.636. The number of thiophene rings is 1. The number of sulfonamides is 1. The van der Waals surface area contributed by atoms with Crippen LogP contribution < -0.4 is 4.72 Å². The van der Waals surface area contributed by atoms with Crippen molar-refractivity contribution in [2.24, 2.45) is 11.8 Å². The summed E-state index contributed by atoms with van der Waals surface area (Å²) in [6, 6.07) is 3.37.